The van der Waals surface area contributed by atoms with Crippen molar-refractivity contribution in [1.82, 2.24) is 0 Å². The fourth-order valence-electron chi connectivity index (χ4n) is 1.81. The standard InChI is InChI=1S/C10H20BO11P3S/c1-3-10(12)20-7-5-9(11)19-8(7)6-18-25(17,26)22-24(15,16)21-23(13,14)4-2/h7-9H,3-6H2,1-2H3,(H,13,14)(H,15,16)(H,17,26)/p-3. The second-order valence-electron chi connectivity index (χ2n) is 5.11. The van der Waals surface area contributed by atoms with Gasteiger partial charge in [0, 0.05) is 25.0 Å². The van der Waals surface area contributed by atoms with Gasteiger partial charge >= 0.3 is 5.97 Å². The lowest BCUT2D eigenvalue weighted by Gasteiger charge is -2.37. The number of carbonyl (C=O) groups excluding carboxylic acids is 1. The zero-order chi connectivity index (χ0) is 20.2. The highest BCUT2D eigenvalue weighted by molar-refractivity contribution is 8.07. The number of phosphoric acid groups is 1. The molecule has 6 unspecified atom stereocenters. The molecule has 1 heterocycles. The van der Waals surface area contributed by atoms with Crippen LogP contribution in [0.3, 0.4) is 0 Å². The molecule has 0 N–H and O–H groups in total. The number of rotatable bonds is 10. The smallest absolute Gasteiger partial charge is 0.305 e. The lowest BCUT2D eigenvalue weighted by atomic mass is 9.96. The molecule has 0 spiro atoms. The first kappa shape index (κ1) is 24.4. The van der Waals surface area contributed by atoms with E-state index in [0.717, 1.165) is 6.92 Å². The van der Waals surface area contributed by atoms with E-state index in [1.807, 2.05) is 0 Å². The summed E-state index contributed by atoms with van der Waals surface area (Å²) in [4.78, 5) is 46.0. The fraction of sp³-hybridized carbons (Fsp3) is 0.900. The second kappa shape index (κ2) is 9.72. The third-order valence-corrected chi connectivity index (χ3v) is 8.56. The zero-order valence-corrected chi connectivity index (χ0v) is 17.4. The minimum Gasteiger partial charge on any atom is -0.779 e. The van der Waals surface area contributed by atoms with Gasteiger partial charge in [0.15, 0.2) is 0 Å². The second-order valence-corrected chi connectivity index (χ2v) is 11.7. The minimum atomic E-state index is -5.54. The molecule has 1 rings (SSSR count). The first-order valence-corrected chi connectivity index (χ1v) is 13.1. The maximum absolute atomic E-state index is 12.0. The third kappa shape index (κ3) is 8.58. The summed E-state index contributed by atoms with van der Waals surface area (Å²) in [7, 11) is -4.68. The van der Waals surface area contributed by atoms with Crippen LogP contribution >= 0.6 is 22.1 Å². The van der Waals surface area contributed by atoms with Crippen molar-refractivity contribution >= 4 is 47.8 Å². The Bertz CT molecular complexity index is 646. The zero-order valence-electron chi connectivity index (χ0n) is 13.9. The lowest BCUT2D eigenvalue weighted by Crippen LogP contribution is -2.31. The van der Waals surface area contributed by atoms with Gasteiger partial charge < -0.3 is 33.2 Å². The van der Waals surface area contributed by atoms with Crippen LogP contribution in [0.1, 0.15) is 26.7 Å². The van der Waals surface area contributed by atoms with E-state index in [1.165, 1.54) is 0 Å². The highest BCUT2D eigenvalue weighted by Crippen LogP contribution is 2.62. The third-order valence-electron chi connectivity index (χ3n) is 3.01. The van der Waals surface area contributed by atoms with Crippen LogP contribution in [0, 0.1) is 0 Å². The van der Waals surface area contributed by atoms with Gasteiger partial charge in [-0.3, -0.25) is 18.0 Å². The van der Waals surface area contributed by atoms with Crippen molar-refractivity contribution in [1.29, 1.82) is 0 Å². The van der Waals surface area contributed by atoms with Crippen LogP contribution in [-0.4, -0.2) is 44.8 Å². The molecular weight excluding hydrogens is 432 g/mol. The molecule has 11 nitrogen and oxygen atoms in total. The van der Waals surface area contributed by atoms with Gasteiger partial charge in [-0.25, -0.2) is 0 Å². The van der Waals surface area contributed by atoms with Gasteiger partial charge in [0.1, 0.15) is 34.4 Å². The SMILES string of the molecule is [B]C1CC(OC(=O)CC)C(COP([O-])(=S)OP(=O)([O-])OP(=O)([O-])CC)O1. The molecule has 0 aliphatic carbocycles. The molecule has 16 heteroatoms. The molecule has 6 atom stereocenters. The Labute approximate surface area is 157 Å². The van der Waals surface area contributed by atoms with Crippen LogP contribution in [0.4, 0.5) is 0 Å². The number of esters is 1. The van der Waals surface area contributed by atoms with Crippen LogP contribution in [0.25, 0.3) is 0 Å². The summed E-state index contributed by atoms with van der Waals surface area (Å²) in [5.41, 5.74) is 0. The molecule has 1 aliphatic heterocycles. The Morgan fingerprint density at radius 3 is 2.42 bits per heavy atom. The van der Waals surface area contributed by atoms with E-state index in [1.54, 1.807) is 6.92 Å². The number of ether oxygens (including phenoxy) is 2. The Kier molecular flexibility index (Phi) is 9.12. The molecule has 0 aromatic carbocycles. The Morgan fingerprint density at radius 1 is 1.27 bits per heavy atom. The molecule has 0 saturated carbocycles. The lowest BCUT2D eigenvalue weighted by molar-refractivity contribution is -0.238. The van der Waals surface area contributed by atoms with Crippen molar-refractivity contribution in [3.8, 4) is 0 Å². The summed E-state index contributed by atoms with van der Waals surface area (Å²) < 4.78 is 45.6. The van der Waals surface area contributed by atoms with Crippen molar-refractivity contribution in [2.24, 2.45) is 0 Å². The predicted molar refractivity (Wildman–Crippen MR) is 87.4 cm³/mol. The van der Waals surface area contributed by atoms with E-state index in [-0.39, 0.29) is 12.8 Å². The maximum atomic E-state index is 12.0. The number of hydrogen-bond donors (Lipinski definition) is 0. The van der Waals surface area contributed by atoms with Crippen LogP contribution < -0.4 is 14.7 Å². The summed E-state index contributed by atoms with van der Waals surface area (Å²) in [6.45, 7) is -2.55. The number of hydrogen-bond acceptors (Lipinski definition) is 12. The van der Waals surface area contributed by atoms with Gasteiger partial charge in [-0.05, 0) is 0 Å². The van der Waals surface area contributed by atoms with Crippen molar-refractivity contribution in [3.05, 3.63) is 0 Å². The summed E-state index contributed by atoms with van der Waals surface area (Å²) in [6, 6.07) is -0.784. The quantitative estimate of drug-likeness (QED) is 0.233. The average Bonchev–Trinajstić information content (AvgIpc) is 2.82. The molecule has 26 heavy (non-hydrogen) atoms. The van der Waals surface area contributed by atoms with Crippen molar-refractivity contribution in [2.45, 2.75) is 44.9 Å². The molecule has 0 aromatic rings. The molecule has 0 bridgehead atoms. The van der Waals surface area contributed by atoms with Crippen LogP contribution in [0.15, 0.2) is 0 Å². The van der Waals surface area contributed by atoms with E-state index in [9.17, 15) is 28.6 Å². The first-order valence-electron chi connectivity index (χ1n) is 7.39. The molecule has 2 radical (unpaired) electrons. The van der Waals surface area contributed by atoms with Gasteiger partial charge in [0.2, 0.25) is 0 Å². The van der Waals surface area contributed by atoms with Crippen LogP contribution in [0.5, 0.6) is 0 Å². The molecule has 1 saturated heterocycles. The summed E-state index contributed by atoms with van der Waals surface area (Å²) in [5, 5.41) is 0. The van der Waals surface area contributed by atoms with E-state index in [0.29, 0.717) is 0 Å². The normalized spacial score (nSPS) is 30.1. The number of carbonyl (C=O) groups is 1. The Morgan fingerprint density at radius 2 is 1.88 bits per heavy atom. The van der Waals surface area contributed by atoms with Crippen LogP contribution in [-0.2, 0) is 48.4 Å². The minimum absolute atomic E-state index is 0.103. The topological polar surface area (TPSA) is 167 Å². The van der Waals surface area contributed by atoms with Gasteiger partial charge in [0.05, 0.1) is 6.61 Å². The van der Waals surface area contributed by atoms with Gasteiger partial charge in [0.25, 0.3) is 7.82 Å². The molecule has 0 amide bonds. The summed E-state index contributed by atoms with van der Waals surface area (Å²) >= 11 is 4.40. The van der Waals surface area contributed by atoms with Crippen molar-refractivity contribution in [2.75, 3.05) is 12.8 Å². The monoisotopic (exact) mass is 449 g/mol. The fourth-order valence-corrected chi connectivity index (χ4v) is 6.29. The molecule has 1 aliphatic rings. The summed E-state index contributed by atoms with van der Waals surface area (Å²) in [5.74, 6) is -0.529. The Balaban J connectivity index is 2.66. The average molecular weight is 449 g/mol. The van der Waals surface area contributed by atoms with E-state index < -0.39 is 59.1 Å². The highest BCUT2D eigenvalue weighted by atomic mass is 32.5. The van der Waals surface area contributed by atoms with Gasteiger partial charge in [-0.2, -0.15) is 0 Å². The van der Waals surface area contributed by atoms with Gasteiger partial charge in [-0.1, -0.05) is 25.7 Å². The van der Waals surface area contributed by atoms with Crippen LogP contribution in [0.2, 0.25) is 0 Å². The van der Waals surface area contributed by atoms with Gasteiger partial charge in [-0.15, -0.1) is 0 Å². The predicted octanol–water partition coefficient (Wildman–Crippen LogP) is -0.732. The maximum Gasteiger partial charge on any atom is 0.305 e. The largest absolute Gasteiger partial charge is 0.779 e. The summed E-state index contributed by atoms with van der Waals surface area (Å²) in [6.07, 6.45) is -2.17. The molecule has 150 valence electrons. The molecule has 0 aromatic heterocycles. The molecular formula is C10H17BO11P3S-3. The van der Waals surface area contributed by atoms with E-state index >= 15 is 0 Å². The van der Waals surface area contributed by atoms with E-state index in [2.05, 4.69) is 20.4 Å². The highest BCUT2D eigenvalue weighted by Gasteiger charge is 2.36. The van der Waals surface area contributed by atoms with Crippen molar-refractivity contribution in [3.63, 3.8) is 0 Å². The van der Waals surface area contributed by atoms with E-state index in [4.69, 9.17) is 21.8 Å². The Hall–Kier alpha value is 0.365. The molecule has 1 fully saturated rings. The first-order chi connectivity index (χ1) is 11.8. The van der Waals surface area contributed by atoms with Crippen molar-refractivity contribution < 1.29 is 51.2 Å².